The zero-order valence-corrected chi connectivity index (χ0v) is 17.5. The molecule has 1 aromatic carbocycles. The van der Waals surface area contributed by atoms with Crippen molar-refractivity contribution in [2.24, 2.45) is 10.9 Å². The summed E-state index contributed by atoms with van der Waals surface area (Å²) in [5, 5.41) is 11.0. The molecule has 2 N–H and O–H groups in total. The van der Waals surface area contributed by atoms with Gasteiger partial charge in [-0.05, 0) is 49.9 Å². The maximum Gasteiger partial charge on any atom is 0.191 e. The fourth-order valence-corrected chi connectivity index (χ4v) is 3.72. The number of anilines is 1. The summed E-state index contributed by atoms with van der Waals surface area (Å²) < 4.78 is 3.09. The Morgan fingerprint density at radius 1 is 1.33 bits per heavy atom. The summed E-state index contributed by atoms with van der Waals surface area (Å²) >= 11 is 3.56. The molecule has 1 aliphatic heterocycles. The molecule has 0 aliphatic carbocycles. The van der Waals surface area contributed by atoms with Crippen molar-refractivity contribution in [1.29, 1.82) is 0 Å². The van der Waals surface area contributed by atoms with Crippen LogP contribution in [-0.4, -0.2) is 48.5 Å². The highest BCUT2D eigenvalue weighted by Crippen LogP contribution is 2.26. The number of halogens is 1. The molecule has 1 atom stereocenters. The van der Waals surface area contributed by atoms with Gasteiger partial charge in [0.1, 0.15) is 0 Å². The lowest BCUT2D eigenvalue weighted by molar-refractivity contribution is 0.567. The van der Waals surface area contributed by atoms with Gasteiger partial charge in [0.25, 0.3) is 0 Å². The number of hydrogen-bond donors (Lipinski definition) is 2. The van der Waals surface area contributed by atoms with Crippen LogP contribution in [0.3, 0.4) is 0 Å². The molecule has 0 saturated carbocycles. The standard InChI is InChI=1S/C20H29BrN6/c1-2-22-20(23-9-4-11-27-12-5-10-25-27)24-15-17-8-13-26(16-17)19-7-3-6-18(21)14-19/h3,5-7,10,12,14,17H,2,4,8-9,11,13,15-16H2,1H3,(H2,22,23,24). The highest BCUT2D eigenvalue weighted by atomic mass is 79.9. The Balaban J connectivity index is 1.44. The summed E-state index contributed by atoms with van der Waals surface area (Å²) in [6, 6.07) is 10.5. The predicted octanol–water partition coefficient (Wildman–Crippen LogP) is 3.12. The number of guanidine groups is 1. The molecule has 7 heteroatoms. The first-order chi connectivity index (χ1) is 13.2. The van der Waals surface area contributed by atoms with E-state index in [4.69, 9.17) is 4.99 Å². The SMILES string of the molecule is CCNC(=NCC1CCN(c2cccc(Br)c2)C1)NCCCn1cccn1. The number of rotatable bonds is 8. The maximum absolute atomic E-state index is 4.81. The predicted molar refractivity (Wildman–Crippen MR) is 115 cm³/mol. The molecule has 0 bridgehead atoms. The summed E-state index contributed by atoms with van der Waals surface area (Å²) in [6.45, 7) is 7.82. The van der Waals surface area contributed by atoms with E-state index in [9.17, 15) is 0 Å². The van der Waals surface area contributed by atoms with Gasteiger partial charge in [0.15, 0.2) is 5.96 Å². The first-order valence-corrected chi connectivity index (χ1v) is 10.5. The quantitative estimate of drug-likeness (QED) is 0.382. The Labute approximate surface area is 170 Å². The highest BCUT2D eigenvalue weighted by Gasteiger charge is 2.22. The van der Waals surface area contributed by atoms with Gasteiger partial charge in [-0.2, -0.15) is 5.10 Å². The average molecular weight is 433 g/mol. The second-order valence-electron chi connectivity index (χ2n) is 6.85. The lowest BCUT2D eigenvalue weighted by atomic mass is 10.1. The van der Waals surface area contributed by atoms with E-state index in [1.807, 2.05) is 23.1 Å². The first kappa shape index (κ1) is 19.7. The van der Waals surface area contributed by atoms with Crippen molar-refractivity contribution < 1.29 is 0 Å². The molecule has 3 rings (SSSR count). The smallest absolute Gasteiger partial charge is 0.191 e. The van der Waals surface area contributed by atoms with Crippen molar-refractivity contribution in [3.05, 3.63) is 47.2 Å². The Morgan fingerprint density at radius 3 is 3.04 bits per heavy atom. The first-order valence-electron chi connectivity index (χ1n) is 9.74. The molecule has 2 aromatic rings. The molecule has 1 fully saturated rings. The van der Waals surface area contributed by atoms with E-state index in [1.54, 1.807) is 0 Å². The highest BCUT2D eigenvalue weighted by molar-refractivity contribution is 9.10. The number of nitrogens with one attached hydrogen (secondary N) is 2. The van der Waals surface area contributed by atoms with Gasteiger partial charge in [-0.15, -0.1) is 0 Å². The van der Waals surface area contributed by atoms with Gasteiger partial charge in [0.05, 0.1) is 0 Å². The van der Waals surface area contributed by atoms with E-state index in [0.29, 0.717) is 5.92 Å². The zero-order chi connectivity index (χ0) is 18.9. The van der Waals surface area contributed by atoms with Crippen LogP contribution in [0.1, 0.15) is 19.8 Å². The van der Waals surface area contributed by atoms with E-state index in [0.717, 1.165) is 56.1 Å². The fourth-order valence-electron chi connectivity index (χ4n) is 3.33. The largest absolute Gasteiger partial charge is 0.371 e. The Bertz CT molecular complexity index is 715. The van der Waals surface area contributed by atoms with Crippen LogP contribution < -0.4 is 15.5 Å². The van der Waals surface area contributed by atoms with Crippen LogP contribution in [-0.2, 0) is 6.54 Å². The molecule has 6 nitrogen and oxygen atoms in total. The third kappa shape index (κ3) is 6.27. The van der Waals surface area contributed by atoms with Crippen LogP contribution in [0.5, 0.6) is 0 Å². The molecule has 1 saturated heterocycles. The fraction of sp³-hybridized carbons (Fsp3) is 0.500. The summed E-state index contributed by atoms with van der Waals surface area (Å²) in [7, 11) is 0. The topological polar surface area (TPSA) is 57.5 Å². The molecule has 0 radical (unpaired) electrons. The molecule has 2 heterocycles. The number of aryl methyl sites for hydroxylation is 1. The molecule has 1 aliphatic rings. The van der Waals surface area contributed by atoms with E-state index in [2.05, 4.69) is 67.8 Å². The van der Waals surface area contributed by atoms with E-state index in [-0.39, 0.29) is 0 Å². The summed E-state index contributed by atoms with van der Waals surface area (Å²) in [5.41, 5.74) is 1.29. The lowest BCUT2D eigenvalue weighted by Crippen LogP contribution is -2.38. The number of benzene rings is 1. The van der Waals surface area contributed by atoms with Gasteiger partial charge in [-0.25, -0.2) is 0 Å². The second kappa shape index (κ2) is 10.3. The molecule has 0 spiro atoms. The van der Waals surface area contributed by atoms with E-state index in [1.165, 1.54) is 12.1 Å². The lowest BCUT2D eigenvalue weighted by Gasteiger charge is -2.19. The van der Waals surface area contributed by atoms with Crippen molar-refractivity contribution in [2.45, 2.75) is 26.3 Å². The van der Waals surface area contributed by atoms with Crippen LogP contribution in [0, 0.1) is 5.92 Å². The second-order valence-corrected chi connectivity index (χ2v) is 7.77. The molecule has 1 unspecified atom stereocenters. The Hall–Kier alpha value is -2.02. The number of aliphatic imine (C=N–C) groups is 1. The molecule has 146 valence electrons. The van der Waals surface area contributed by atoms with Gasteiger partial charge in [-0.3, -0.25) is 9.67 Å². The van der Waals surface area contributed by atoms with Crippen LogP contribution >= 0.6 is 15.9 Å². The minimum atomic E-state index is 0.600. The number of nitrogens with zero attached hydrogens (tertiary/aromatic N) is 4. The summed E-state index contributed by atoms with van der Waals surface area (Å²) in [4.78, 5) is 7.27. The van der Waals surface area contributed by atoms with Crippen molar-refractivity contribution in [1.82, 2.24) is 20.4 Å². The van der Waals surface area contributed by atoms with Crippen molar-refractivity contribution >= 4 is 27.6 Å². The van der Waals surface area contributed by atoms with E-state index >= 15 is 0 Å². The van der Waals surface area contributed by atoms with Crippen LogP contribution in [0.15, 0.2) is 52.2 Å². The Kier molecular flexibility index (Phi) is 7.56. The molecular weight excluding hydrogens is 404 g/mol. The van der Waals surface area contributed by atoms with Crippen molar-refractivity contribution in [3.8, 4) is 0 Å². The third-order valence-electron chi connectivity index (χ3n) is 4.73. The van der Waals surface area contributed by atoms with Crippen molar-refractivity contribution in [3.63, 3.8) is 0 Å². The van der Waals surface area contributed by atoms with E-state index < -0.39 is 0 Å². The summed E-state index contributed by atoms with van der Waals surface area (Å²) in [6.07, 6.45) is 6.02. The van der Waals surface area contributed by atoms with Crippen molar-refractivity contribution in [2.75, 3.05) is 37.6 Å². The molecule has 0 amide bonds. The van der Waals surface area contributed by atoms with Gasteiger partial charge in [0, 0.05) is 61.8 Å². The third-order valence-corrected chi connectivity index (χ3v) is 5.22. The summed E-state index contributed by atoms with van der Waals surface area (Å²) in [5.74, 6) is 1.52. The zero-order valence-electron chi connectivity index (χ0n) is 15.9. The van der Waals surface area contributed by atoms with Gasteiger partial charge >= 0.3 is 0 Å². The number of aromatic nitrogens is 2. The molecular formula is C20H29BrN6. The van der Waals surface area contributed by atoms with Gasteiger partial charge in [-0.1, -0.05) is 22.0 Å². The van der Waals surface area contributed by atoms with Gasteiger partial charge < -0.3 is 15.5 Å². The minimum Gasteiger partial charge on any atom is -0.371 e. The monoisotopic (exact) mass is 432 g/mol. The molecule has 1 aromatic heterocycles. The molecule has 27 heavy (non-hydrogen) atoms. The normalized spacial score (nSPS) is 17.3. The van der Waals surface area contributed by atoms with Crippen LogP contribution in [0.2, 0.25) is 0 Å². The average Bonchev–Trinajstić information content (AvgIpc) is 3.35. The van der Waals surface area contributed by atoms with Gasteiger partial charge in [0.2, 0.25) is 0 Å². The van der Waals surface area contributed by atoms with Crippen LogP contribution in [0.4, 0.5) is 5.69 Å². The van der Waals surface area contributed by atoms with Crippen LogP contribution in [0.25, 0.3) is 0 Å². The Morgan fingerprint density at radius 2 is 2.26 bits per heavy atom. The minimum absolute atomic E-state index is 0.600. The maximum atomic E-state index is 4.81. The number of hydrogen-bond acceptors (Lipinski definition) is 3.